The van der Waals surface area contributed by atoms with Gasteiger partial charge in [-0.3, -0.25) is 4.79 Å². The fourth-order valence-corrected chi connectivity index (χ4v) is 6.61. The zero-order chi connectivity index (χ0) is 30.0. The fourth-order valence-electron chi connectivity index (χ4n) is 5.27. The number of hydrogen-bond donors (Lipinski definition) is 0. The molecule has 3 saturated heterocycles. The molecule has 0 bridgehead atoms. The predicted molar refractivity (Wildman–Crippen MR) is 150 cm³/mol. The van der Waals surface area contributed by atoms with Crippen LogP contribution in [0.4, 0.5) is 19.1 Å². The van der Waals surface area contributed by atoms with E-state index in [0.717, 1.165) is 31.7 Å². The number of likely N-dealkylation sites (tertiary alicyclic amines) is 1. The number of anilines is 1. The molecule has 0 radical (unpaired) electrons. The van der Waals surface area contributed by atoms with Crippen LogP contribution in [0.5, 0.6) is 0 Å². The Balaban J connectivity index is 1.42. The molecule has 1 aromatic rings. The molecule has 4 rings (SSSR count). The van der Waals surface area contributed by atoms with Gasteiger partial charge in [-0.2, -0.15) is 13.2 Å². The van der Waals surface area contributed by atoms with Gasteiger partial charge in [0, 0.05) is 45.1 Å². The van der Waals surface area contributed by atoms with Gasteiger partial charge in [0.05, 0.1) is 30.4 Å². The number of alkyl halides is 3. The summed E-state index contributed by atoms with van der Waals surface area (Å²) in [6.07, 6.45) is -0.00229. The molecule has 41 heavy (non-hydrogen) atoms. The lowest BCUT2D eigenvalue weighted by Gasteiger charge is -2.47. The van der Waals surface area contributed by atoms with Gasteiger partial charge in [-0.15, -0.1) is 0 Å². The lowest BCUT2D eigenvalue weighted by molar-refractivity contribution is -0.196. The van der Waals surface area contributed by atoms with Crippen molar-refractivity contribution in [3.05, 3.63) is 18.0 Å². The van der Waals surface area contributed by atoms with Crippen LogP contribution < -0.4 is 4.90 Å². The molecule has 0 aromatic carbocycles. The predicted octanol–water partition coefficient (Wildman–Crippen LogP) is 5.01. The van der Waals surface area contributed by atoms with Crippen molar-refractivity contribution in [2.45, 2.75) is 115 Å². The Morgan fingerprint density at radius 1 is 1.10 bits per heavy atom. The second-order valence-electron chi connectivity index (χ2n) is 12.9. The zero-order valence-corrected chi connectivity index (χ0v) is 26.1. The first-order valence-electron chi connectivity index (χ1n) is 14.7. The second-order valence-corrected chi connectivity index (χ2v) is 17.6. The Morgan fingerprint density at radius 2 is 1.80 bits per heavy atom. The lowest BCUT2D eigenvalue weighted by Crippen LogP contribution is -2.60. The van der Waals surface area contributed by atoms with Crippen LogP contribution in [-0.4, -0.2) is 92.6 Å². The molecule has 13 heteroatoms. The molecule has 0 saturated carbocycles. The van der Waals surface area contributed by atoms with E-state index in [4.69, 9.17) is 18.6 Å². The molecular formula is C28H45F3N4O5Si. The number of aromatic nitrogens is 2. The molecule has 0 aliphatic carbocycles. The van der Waals surface area contributed by atoms with Gasteiger partial charge in [0.25, 0.3) is 5.91 Å². The SMILES string of the molecule is CC(COC1CCN([C@@H]2CCN(c3ncc(C(F)(F)F)cn3)C[C@H]2O[Si](C)(C)C(C)(C)C)C1=O)OC1CCCCO1. The molecule has 0 spiro atoms. The van der Waals surface area contributed by atoms with E-state index < -0.39 is 26.2 Å². The first-order valence-corrected chi connectivity index (χ1v) is 17.6. The van der Waals surface area contributed by atoms with Crippen molar-refractivity contribution in [2.75, 3.05) is 37.7 Å². The van der Waals surface area contributed by atoms with E-state index in [-0.39, 0.29) is 41.4 Å². The number of carbonyl (C=O) groups is 1. The van der Waals surface area contributed by atoms with E-state index in [1.165, 1.54) is 0 Å². The summed E-state index contributed by atoms with van der Waals surface area (Å²) in [4.78, 5) is 25.3. The van der Waals surface area contributed by atoms with Crippen molar-refractivity contribution in [1.29, 1.82) is 0 Å². The van der Waals surface area contributed by atoms with Crippen LogP contribution in [0.1, 0.15) is 65.4 Å². The van der Waals surface area contributed by atoms with Gasteiger partial charge in [-0.05, 0) is 50.7 Å². The highest BCUT2D eigenvalue weighted by atomic mass is 28.4. The van der Waals surface area contributed by atoms with Crippen molar-refractivity contribution in [3.63, 3.8) is 0 Å². The normalized spacial score (nSPS) is 27.4. The van der Waals surface area contributed by atoms with E-state index in [1.807, 2.05) is 16.7 Å². The maximum absolute atomic E-state index is 13.5. The maximum atomic E-state index is 13.5. The van der Waals surface area contributed by atoms with Gasteiger partial charge in [0.15, 0.2) is 14.6 Å². The Kier molecular flexibility index (Phi) is 10.0. The number of amides is 1. The van der Waals surface area contributed by atoms with E-state index in [9.17, 15) is 18.0 Å². The van der Waals surface area contributed by atoms with E-state index >= 15 is 0 Å². The fraction of sp³-hybridized carbons (Fsp3) is 0.821. The summed E-state index contributed by atoms with van der Waals surface area (Å²) >= 11 is 0. The summed E-state index contributed by atoms with van der Waals surface area (Å²) < 4.78 is 63.6. The molecule has 3 fully saturated rings. The molecule has 3 aliphatic heterocycles. The highest BCUT2D eigenvalue weighted by molar-refractivity contribution is 6.74. The minimum absolute atomic E-state index is 0.0563. The molecule has 3 aliphatic rings. The number of nitrogens with zero attached hydrogens (tertiary/aromatic N) is 4. The summed E-state index contributed by atoms with van der Waals surface area (Å²) in [6, 6.07) is -0.180. The van der Waals surface area contributed by atoms with Crippen molar-refractivity contribution in [2.24, 2.45) is 0 Å². The summed E-state index contributed by atoms with van der Waals surface area (Å²) in [5.74, 6) is 0.171. The van der Waals surface area contributed by atoms with Crippen molar-refractivity contribution < 1.29 is 36.6 Å². The Bertz CT molecular complexity index is 1020. The first kappa shape index (κ1) is 32.1. The number of halogens is 3. The van der Waals surface area contributed by atoms with Crippen LogP contribution in [0.15, 0.2) is 12.4 Å². The van der Waals surface area contributed by atoms with Crippen LogP contribution in [0.2, 0.25) is 18.1 Å². The standard InChI is InChI=1S/C28H45F3N4O5Si/c1-19(39-24-9-7-8-14-37-24)18-38-22-11-13-35(25(22)36)21-10-12-34(17-23(21)40-41(5,6)27(2,3)4)26-32-15-20(16-33-26)28(29,30)31/h15-16,19,21-24H,7-14,17-18H2,1-6H3/t19?,21-,22?,23-,24?/m1/s1. The van der Waals surface area contributed by atoms with Crippen LogP contribution in [0, 0.1) is 0 Å². The van der Waals surface area contributed by atoms with Gasteiger partial charge in [-0.25, -0.2) is 9.97 Å². The van der Waals surface area contributed by atoms with Crippen molar-refractivity contribution in [1.82, 2.24) is 14.9 Å². The lowest BCUT2D eigenvalue weighted by atomic mass is 10.0. The summed E-state index contributed by atoms with van der Waals surface area (Å²) in [7, 11) is -2.25. The molecular weight excluding hydrogens is 557 g/mol. The Hall–Kier alpha value is -1.80. The smallest absolute Gasteiger partial charge is 0.410 e. The van der Waals surface area contributed by atoms with Gasteiger partial charge in [0.2, 0.25) is 5.95 Å². The highest BCUT2D eigenvalue weighted by Crippen LogP contribution is 2.39. The van der Waals surface area contributed by atoms with Crippen LogP contribution in [-0.2, 0) is 29.6 Å². The summed E-state index contributed by atoms with van der Waals surface area (Å²) in [5.41, 5.74) is -0.884. The van der Waals surface area contributed by atoms with E-state index in [0.29, 0.717) is 45.7 Å². The van der Waals surface area contributed by atoms with E-state index in [2.05, 4.69) is 43.8 Å². The number of rotatable bonds is 9. The van der Waals surface area contributed by atoms with E-state index in [1.54, 1.807) is 0 Å². The van der Waals surface area contributed by atoms with Gasteiger partial charge in [-0.1, -0.05) is 20.8 Å². The second kappa shape index (κ2) is 12.8. The largest absolute Gasteiger partial charge is 0.419 e. The van der Waals surface area contributed by atoms with Crippen LogP contribution in [0.25, 0.3) is 0 Å². The number of carbonyl (C=O) groups excluding carboxylic acids is 1. The molecule has 1 amide bonds. The third-order valence-electron chi connectivity index (χ3n) is 8.67. The molecule has 5 atom stereocenters. The minimum Gasteiger partial charge on any atom is -0.410 e. The molecule has 3 unspecified atom stereocenters. The molecule has 9 nitrogen and oxygen atoms in total. The highest BCUT2D eigenvalue weighted by Gasteiger charge is 2.47. The third-order valence-corrected chi connectivity index (χ3v) is 13.2. The average molecular weight is 603 g/mol. The minimum atomic E-state index is -4.50. The number of hydrogen-bond acceptors (Lipinski definition) is 8. The quantitative estimate of drug-likeness (QED) is 0.365. The zero-order valence-electron chi connectivity index (χ0n) is 25.1. The average Bonchev–Trinajstić information content (AvgIpc) is 3.26. The monoisotopic (exact) mass is 602 g/mol. The Morgan fingerprint density at radius 3 is 2.41 bits per heavy atom. The summed E-state index contributed by atoms with van der Waals surface area (Å²) in [5, 5.41) is -0.0659. The number of piperidine rings is 1. The van der Waals surface area contributed by atoms with Gasteiger partial charge < -0.3 is 28.4 Å². The van der Waals surface area contributed by atoms with Gasteiger partial charge in [0.1, 0.15) is 6.10 Å². The molecule has 4 heterocycles. The Labute approximate surface area is 242 Å². The maximum Gasteiger partial charge on any atom is 0.419 e. The molecule has 232 valence electrons. The van der Waals surface area contributed by atoms with Crippen molar-refractivity contribution in [3.8, 4) is 0 Å². The topological polar surface area (TPSA) is 86.2 Å². The van der Waals surface area contributed by atoms with Crippen LogP contribution >= 0.6 is 0 Å². The summed E-state index contributed by atoms with van der Waals surface area (Å²) in [6.45, 7) is 15.1. The third kappa shape index (κ3) is 7.98. The van der Waals surface area contributed by atoms with Crippen molar-refractivity contribution >= 4 is 20.2 Å². The van der Waals surface area contributed by atoms with Crippen LogP contribution in [0.3, 0.4) is 0 Å². The number of ether oxygens (including phenoxy) is 3. The molecule has 1 aromatic heterocycles. The van der Waals surface area contributed by atoms with Gasteiger partial charge >= 0.3 is 6.18 Å². The first-order chi connectivity index (χ1) is 19.2. The molecule has 0 N–H and O–H groups in total.